The Kier molecular flexibility index (Phi) is 4.20. The zero-order valence-corrected chi connectivity index (χ0v) is 8.81. The van der Waals surface area contributed by atoms with E-state index in [0.29, 0.717) is 11.7 Å². The molecule has 1 unspecified atom stereocenters. The molecule has 0 saturated heterocycles. The number of hydrogen-bond donors (Lipinski definition) is 0. The zero-order chi connectivity index (χ0) is 9.68. The Balaban J connectivity index is 2.41. The van der Waals surface area contributed by atoms with Gasteiger partial charge in [0.15, 0.2) is 5.78 Å². The minimum Gasteiger partial charge on any atom is -0.295 e. The molecule has 0 aromatic heterocycles. The molecular formula is C12H20O. The van der Waals surface area contributed by atoms with Gasteiger partial charge in [-0.15, -0.1) is 0 Å². The first kappa shape index (κ1) is 10.5. The smallest absolute Gasteiger partial charge is 0.155 e. The Morgan fingerprint density at radius 3 is 2.92 bits per heavy atom. The highest BCUT2D eigenvalue weighted by atomic mass is 16.1. The number of ketones is 1. The van der Waals surface area contributed by atoms with Gasteiger partial charge in [0, 0.05) is 6.42 Å². The monoisotopic (exact) mass is 180 g/mol. The lowest BCUT2D eigenvalue weighted by Crippen LogP contribution is -2.11. The summed E-state index contributed by atoms with van der Waals surface area (Å²) in [4.78, 5) is 11.2. The van der Waals surface area contributed by atoms with Crippen LogP contribution in [0.5, 0.6) is 0 Å². The Labute approximate surface area is 81.2 Å². The van der Waals surface area contributed by atoms with Crippen molar-refractivity contribution < 1.29 is 4.79 Å². The van der Waals surface area contributed by atoms with Gasteiger partial charge in [-0.3, -0.25) is 4.79 Å². The highest BCUT2D eigenvalue weighted by Crippen LogP contribution is 2.26. The van der Waals surface area contributed by atoms with Crippen molar-refractivity contribution in [3.63, 3.8) is 0 Å². The standard InChI is InChI=1S/C12H20O/c1-3-4-5-6-11-9-12(13)8-7-10(11)2/h9-10H,3-8H2,1-2H3. The van der Waals surface area contributed by atoms with Crippen molar-refractivity contribution in [3.8, 4) is 0 Å². The van der Waals surface area contributed by atoms with E-state index in [1.165, 1.54) is 24.8 Å². The highest BCUT2D eigenvalue weighted by molar-refractivity contribution is 5.91. The average Bonchev–Trinajstić information content (AvgIpc) is 2.11. The van der Waals surface area contributed by atoms with Crippen LogP contribution in [0.1, 0.15) is 52.4 Å². The molecule has 1 rings (SSSR count). The molecule has 1 aliphatic rings. The van der Waals surface area contributed by atoms with Gasteiger partial charge in [0.1, 0.15) is 0 Å². The van der Waals surface area contributed by atoms with Crippen LogP contribution < -0.4 is 0 Å². The van der Waals surface area contributed by atoms with Crippen molar-refractivity contribution in [3.05, 3.63) is 11.6 Å². The van der Waals surface area contributed by atoms with Crippen LogP contribution in [0.25, 0.3) is 0 Å². The summed E-state index contributed by atoms with van der Waals surface area (Å²) in [5.74, 6) is 0.985. The van der Waals surface area contributed by atoms with Crippen molar-refractivity contribution >= 4 is 5.78 Å². The van der Waals surface area contributed by atoms with E-state index in [1.807, 2.05) is 6.08 Å². The van der Waals surface area contributed by atoms with Crippen LogP contribution in [0.3, 0.4) is 0 Å². The van der Waals surface area contributed by atoms with Gasteiger partial charge in [-0.25, -0.2) is 0 Å². The molecule has 1 aliphatic carbocycles. The summed E-state index contributed by atoms with van der Waals surface area (Å²) in [7, 11) is 0. The predicted molar refractivity (Wildman–Crippen MR) is 55.6 cm³/mol. The van der Waals surface area contributed by atoms with Crippen LogP contribution >= 0.6 is 0 Å². The average molecular weight is 180 g/mol. The summed E-state index contributed by atoms with van der Waals surface area (Å²) < 4.78 is 0. The van der Waals surface area contributed by atoms with E-state index < -0.39 is 0 Å². The summed E-state index contributed by atoms with van der Waals surface area (Å²) in [5.41, 5.74) is 1.39. The summed E-state index contributed by atoms with van der Waals surface area (Å²) in [6.07, 6.45) is 8.66. The maximum absolute atomic E-state index is 11.2. The topological polar surface area (TPSA) is 17.1 Å². The summed E-state index contributed by atoms with van der Waals surface area (Å²) >= 11 is 0. The van der Waals surface area contributed by atoms with Crippen molar-refractivity contribution in [1.29, 1.82) is 0 Å². The fourth-order valence-electron chi connectivity index (χ4n) is 1.86. The Bertz CT molecular complexity index is 203. The summed E-state index contributed by atoms with van der Waals surface area (Å²) in [6.45, 7) is 4.45. The lowest BCUT2D eigenvalue weighted by molar-refractivity contribution is -0.115. The van der Waals surface area contributed by atoms with E-state index >= 15 is 0 Å². The first-order valence-corrected chi connectivity index (χ1v) is 5.47. The van der Waals surface area contributed by atoms with Crippen LogP contribution in [0, 0.1) is 5.92 Å². The molecule has 1 atom stereocenters. The summed E-state index contributed by atoms with van der Waals surface area (Å²) in [6, 6.07) is 0. The largest absolute Gasteiger partial charge is 0.295 e. The molecule has 0 aliphatic heterocycles. The molecule has 0 heterocycles. The third-order valence-corrected chi connectivity index (χ3v) is 2.87. The van der Waals surface area contributed by atoms with Gasteiger partial charge in [-0.2, -0.15) is 0 Å². The van der Waals surface area contributed by atoms with Crippen molar-refractivity contribution in [2.24, 2.45) is 5.92 Å². The highest BCUT2D eigenvalue weighted by Gasteiger charge is 2.16. The third kappa shape index (κ3) is 3.33. The second-order valence-electron chi connectivity index (χ2n) is 4.08. The van der Waals surface area contributed by atoms with E-state index in [-0.39, 0.29) is 0 Å². The molecule has 13 heavy (non-hydrogen) atoms. The molecule has 0 amide bonds. The number of hydrogen-bond acceptors (Lipinski definition) is 1. The molecule has 1 heteroatoms. The van der Waals surface area contributed by atoms with Gasteiger partial charge in [0.2, 0.25) is 0 Å². The lowest BCUT2D eigenvalue weighted by atomic mass is 9.86. The van der Waals surface area contributed by atoms with Crippen molar-refractivity contribution in [2.45, 2.75) is 52.4 Å². The van der Waals surface area contributed by atoms with Gasteiger partial charge >= 0.3 is 0 Å². The van der Waals surface area contributed by atoms with E-state index in [9.17, 15) is 4.79 Å². The van der Waals surface area contributed by atoms with Gasteiger partial charge in [-0.05, 0) is 31.3 Å². The van der Waals surface area contributed by atoms with Crippen LogP contribution in [0.2, 0.25) is 0 Å². The fourth-order valence-corrected chi connectivity index (χ4v) is 1.86. The SMILES string of the molecule is CCCCCC1=CC(=O)CCC1C. The van der Waals surface area contributed by atoms with Crippen LogP contribution in [-0.2, 0) is 4.79 Å². The van der Waals surface area contributed by atoms with Crippen molar-refractivity contribution in [1.82, 2.24) is 0 Å². The molecule has 74 valence electrons. The van der Waals surface area contributed by atoms with E-state index in [2.05, 4.69) is 13.8 Å². The molecule has 0 aromatic carbocycles. The second-order valence-corrected chi connectivity index (χ2v) is 4.08. The van der Waals surface area contributed by atoms with Crippen LogP contribution in [0.15, 0.2) is 11.6 Å². The Hall–Kier alpha value is -0.590. The number of unbranched alkanes of at least 4 members (excludes halogenated alkanes) is 2. The molecule has 0 bridgehead atoms. The third-order valence-electron chi connectivity index (χ3n) is 2.87. The maximum Gasteiger partial charge on any atom is 0.155 e. The molecule has 1 nitrogen and oxygen atoms in total. The van der Waals surface area contributed by atoms with Crippen LogP contribution in [0.4, 0.5) is 0 Å². The second kappa shape index (κ2) is 5.21. The predicted octanol–water partition coefficient (Wildman–Crippen LogP) is 3.49. The molecule has 0 fully saturated rings. The van der Waals surface area contributed by atoms with Gasteiger partial charge in [0.05, 0.1) is 0 Å². The van der Waals surface area contributed by atoms with Crippen molar-refractivity contribution in [2.75, 3.05) is 0 Å². The first-order chi connectivity index (χ1) is 6.24. The first-order valence-electron chi connectivity index (χ1n) is 5.47. The molecule has 0 aromatic rings. The molecule has 0 N–H and O–H groups in total. The Morgan fingerprint density at radius 1 is 1.46 bits per heavy atom. The van der Waals surface area contributed by atoms with E-state index in [4.69, 9.17) is 0 Å². The van der Waals surface area contributed by atoms with E-state index in [0.717, 1.165) is 19.3 Å². The lowest BCUT2D eigenvalue weighted by Gasteiger charge is -2.19. The molecular weight excluding hydrogens is 160 g/mol. The number of rotatable bonds is 4. The van der Waals surface area contributed by atoms with E-state index in [1.54, 1.807) is 0 Å². The maximum atomic E-state index is 11.2. The summed E-state index contributed by atoms with van der Waals surface area (Å²) in [5, 5.41) is 0. The zero-order valence-electron chi connectivity index (χ0n) is 8.81. The number of allylic oxidation sites excluding steroid dienone is 2. The molecule has 0 saturated carbocycles. The van der Waals surface area contributed by atoms with Gasteiger partial charge in [0.25, 0.3) is 0 Å². The number of carbonyl (C=O) groups is 1. The molecule has 0 radical (unpaired) electrons. The normalized spacial score (nSPS) is 23.1. The minimum atomic E-state index is 0.338. The number of carbonyl (C=O) groups excluding carboxylic acids is 1. The quantitative estimate of drug-likeness (QED) is 0.605. The molecule has 0 spiro atoms. The minimum absolute atomic E-state index is 0.338. The van der Waals surface area contributed by atoms with Gasteiger partial charge < -0.3 is 0 Å². The Morgan fingerprint density at radius 2 is 2.23 bits per heavy atom. The fraction of sp³-hybridized carbons (Fsp3) is 0.750. The van der Waals surface area contributed by atoms with Gasteiger partial charge in [-0.1, -0.05) is 32.3 Å². The van der Waals surface area contributed by atoms with Crippen LogP contribution in [-0.4, -0.2) is 5.78 Å².